The fourth-order valence-corrected chi connectivity index (χ4v) is 3.49. The molecule has 0 radical (unpaired) electrons. The number of hydrogen-bond acceptors (Lipinski definition) is 2. The van der Waals surface area contributed by atoms with Crippen LogP contribution in [0.25, 0.3) is 0 Å². The fourth-order valence-electron chi connectivity index (χ4n) is 3.49. The normalized spacial score (nSPS) is 19.6. The number of nitrogens with zero attached hydrogens (tertiary/aromatic N) is 1. The molecule has 3 rings (SSSR count). The number of carbonyl (C=O) groups excluding carboxylic acids is 2. The zero-order chi connectivity index (χ0) is 21.5. The van der Waals surface area contributed by atoms with E-state index in [1.165, 1.54) is 31.0 Å². The van der Waals surface area contributed by atoms with Gasteiger partial charge in [0.2, 0.25) is 11.8 Å². The Morgan fingerprint density at radius 3 is 2.45 bits per heavy atom. The molecule has 1 fully saturated rings. The van der Waals surface area contributed by atoms with Gasteiger partial charge in [-0.25, -0.2) is 8.78 Å². The predicted molar refractivity (Wildman–Crippen MR) is 95.0 cm³/mol. The van der Waals surface area contributed by atoms with Gasteiger partial charge in [0.05, 0.1) is 11.3 Å². The van der Waals surface area contributed by atoms with Crippen LogP contribution >= 0.6 is 0 Å². The molecule has 2 aromatic carbocycles. The molecule has 1 N–H and O–H groups in total. The lowest BCUT2D eigenvalue weighted by Crippen LogP contribution is -2.33. The maximum atomic E-state index is 14.6. The number of benzene rings is 2. The van der Waals surface area contributed by atoms with Gasteiger partial charge in [-0.2, -0.15) is 13.2 Å². The van der Waals surface area contributed by atoms with Crippen LogP contribution in [-0.4, -0.2) is 30.3 Å². The molecule has 1 aliphatic heterocycles. The van der Waals surface area contributed by atoms with E-state index in [-0.39, 0.29) is 17.7 Å². The van der Waals surface area contributed by atoms with Gasteiger partial charge in [-0.1, -0.05) is 18.2 Å². The minimum absolute atomic E-state index is 0.0279. The third-order valence-electron chi connectivity index (χ3n) is 5.04. The largest absolute Gasteiger partial charge is 0.418 e. The number of alkyl halides is 3. The topological polar surface area (TPSA) is 49.4 Å². The van der Waals surface area contributed by atoms with E-state index in [0.29, 0.717) is 0 Å². The molecule has 0 spiro atoms. The maximum absolute atomic E-state index is 14.6. The van der Waals surface area contributed by atoms with E-state index in [0.717, 1.165) is 24.3 Å². The number of likely N-dealkylation sites (N-methyl/N-ethyl adjacent to an activating group) is 1. The van der Waals surface area contributed by atoms with Crippen LogP contribution in [0.1, 0.15) is 22.6 Å². The monoisotopic (exact) mass is 412 g/mol. The third-order valence-corrected chi connectivity index (χ3v) is 5.04. The number of amides is 2. The lowest BCUT2D eigenvalue weighted by atomic mass is 9.86. The highest BCUT2D eigenvalue weighted by Gasteiger charge is 2.46. The summed E-state index contributed by atoms with van der Waals surface area (Å²) in [5.41, 5.74) is -1.86. The molecule has 0 aromatic heterocycles. The maximum Gasteiger partial charge on any atom is 0.418 e. The van der Waals surface area contributed by atoms with Gasteiger partial charge in [-0.05, 0) is 30.7 Å². The van der Waals surface area contributed by atoms with E-state index in [9.17, 15) is 31.5 Å². The molecule has 1 heterocycles. The number of carbonyl (C=O) groups is 2. The van der Waals surface area contributed by atoms with E-state index in [4.69, 9.17) is 0 Å². The van der Waals surface area contributed by atoms with Crippen molar-refractivity contribution in [2.45, 2.75) is 19.0 Å². The Bertz CT molecular complexity index is 974. The Morgan fingerprint density at radius 1 is 1.14 bits per heavy atom. The standard InChI is InChI=1S/C20H17F5N2O2/c1-10-14(21)8-7-11(17(10)22)12-9-27(2)19(29)16(12)18(28)26-15-6-4-3-5-13(15)20(23,24)25/h3-8,12,16H,9H2,1-2H3,(H,26,28)/t12-,16+/m1/s1. The molecule has 0 aliphatic carbocycles. The summed E-state index contributed by atoms with van der Waals surface area (Å²) in [5.74, 6) is -5.71. The lowest BCUT2D eigenvalue weighted by Gasteiger charge is -2.20. The first-order valence-electron chi connectivity index (χ1n) is 8.69. The van der Waals surface area contributed by atoms with Crippen molar-refractivity contribution >= 4 is 17.5 Å². The highest BCUT2D eigenvalue weighted by atomic mass is 19.4. The Labute approximate surface area is 163 Å². The van der Waals surface area contributed by atoms with Crippen LogP contribution in [0.2, 0.25) is 0 Å². The zero-order valence-corrected chi connectivity index (χ0v) is 15.5. The second kappa shape index (κ2) is 7.46. The molecule has 9 heteroatoms. The van der Waals surface area contributed by atoms with Gasteiger partial charge in [0.25, 0.3) is 0 Å². The summed E-state index contributed by atoms with van der Waals surface area (Å²) in [7, 11) is 1.40. The molecular formula is C20H17F5N2O2. The highest BCUT2D eigenvalue weighted by molar-refractivity contribution is 6.08. The molecule has 2 aromatic rings. The van der Waals surface area contributed by atoms with E-state index in [2.05, 4.69) is 5.32 Å². The molecule has 1 aliphatic rings. The van der Waals surface area contributed by atoms with Crippen LogP contribution < -0.4 is 5.32 Å². The molecule has 4 nitrogen and oxygen atoms in total. The highest BCUT2D eigenvalue weighted by Crippen LogP contribution is 2.38. The van der Waals surface area contributed by atoms with Crippen LogP contribution in [-0.2, 0) is 15.8 Å². The second-order valence-electron chi connectivity index (χ2n) is 6.91. The second-order valence-corrected chi connectivity index (χ2v) is 6.91. The summed E-state index contributed by atoms with van der Waals surface area (Å²) < 4.78 is 67.7. The minimum Gasteiger partial charge on any atom is -0.344 e. The van der Waals surface area contributed by atoms with Gasteiger partial charge in [0.15, 0.2) is 0 Å². The number of halogens is 5. The molecule has 2 amide bonds. The van der Waals surface area contributed by atoms with Gasteiger partial charge < -0.3 is 10.2 Å². The van der Waals surface area contributed by atoms with Crippen molar-refractivity contribution in [1.29, 1.82) is 0 Å². The van der Waals surface area contributed by atoms with Crippen molar-refractivity contribution in [3.05, 3.63) is 64.7 Å². The molecule has 0 bridgehead atoms. The molecule has 154 valence electrons. The van der Waals surface area contributed by atoms with Gasteiger partial charge in [0.1, 0.15) is 17.6 Å². The van der Waals surface area contributed by atoms with Crippen molar-refractivity contribution in [3.63, 3.8) is 0 Å². The number of nitrogens with one attached hydrogen (secondary N) is 1. The smallest absolute Gasteiger partial charge is 0.344 e. The van der Waals surface area contributed by atoms with Gasteiger partial charge in [-0.15, -0.1) is 0 Å². The van der Waals surface area contributed by atoms with Crippen molar-refractivity contribution < 1.29 is 31.5 Å². The zero-order valence-electron chi connectivity index (χ0n) is 15.5. The van der Waals surface area contributed by atoms with Gasteiger partial charge >= 0.3 is 6.18 Å². The first-order chi connectivity index (χ1) is 13.5. The van der Waals surface area contributed by atoms with Crippen LogP contribution in [0.4, 0.5) is 27.6 Å². The van der Waals surface area contributed by atoms with Crippen LogP contribution in [0.3, 0.4) is 0 Å². The molecule has 2 atom stereocenters. The third kappa shape index (κ3) is 3.81. The lowest BCUT2D eigenvalue weighted by molar-refractivity contribution is -0.137. The van der Waals surface area contributed by atoms with E-state index in [1.807, 2.05) is 0 Å². The molecule has 29 heavy (non-hydrogen) atoms. The summed E-state index contributed by atoms with van der Waals surface area (Å²) in [6, 6.07) is 6.55. The number of anilines is 1. The molecule has 1 saturated heterocycles. The van der Waals surface area contributed by atoms with Crippen molar-refractivity contribution in [2.75, 3.05) is 18.9 Å². The number of rotatable bonds is 3. The summed E-state index contributed by atoms with van der Waals surface area (Å²) in [6.07, 6.45) is -4.71. The van der Waals surface area contributed by atoms with Crippen LogP contribution in [0.15, 0.2) is 36.4 Å². The molecular weight excluding hydrogens is 395 g/mol. The summed E-state index contributed by atoms with van der Waals surface area (Å²) >= 11 is 0. The quantitative estimate of drug-likeness (QED) is 0.610. The summed E-state index contributed by atoms with van der Waals surface area (Å²) in [4.78, 5) is 26.5. The average Bonchev–Trinajstić information content (AvgIpc) is 2.94. The summed E-state index contributed by atoms with van der Waals surface area (Å²) in [5, 5.41) is 2.15. The van der Waals surface area contributed by atoms with Crippen molar-refractivity contribution in [3.8, 4) is 0 Å². The summed E-state index contributed by atoms with van der Waals surface area (Å²) in [6.45, 7) is 1.20. The Hall–Kier alpha value is -2.97. The number of para-hydroxylation sites is 1. The predicted octanol–water partition coefficient (Wildman–Crippen LogP) is 4.10. The Morgan fingerprint density at radius 2 is 1.79 bits per heavy atom. The average molecular weight is 412 g/mol. The van der Waals surface area contributed by atoms with E-state index < -0.39 is 52.7 Å². The first kappa shape index (κ1) is 20.8. The van der Waals surface area contributed by atoms with Crippen molar-refractivity contribution in [1.82, 2.24) is 4.90 Å². The van der Waals surface area contributed by atoms with Gasteiger partial charge in [-0.3, -0.25) is 9.59 Å². The first-order valence-corrected chi connectivity index (χ1v) is 8.69. The Kier molecular flexibility index (Phi) is 5.34. The number of likely N-dealkylation sites (tertiary alicyclic amines) is 1. The fraction of sp³-hybridized carbons (Fsp3) is 0.300. The Balaban J connectivity index is 1.97. The van der Waals surface area contributed by atoms with Gasteiger partial charge in [0, 0.05) is 25.1 Å². The van der Waals surface area contributed by atoms with Crippen LogP contribution in [0, 0.1) is 24.5 Å². The molecule has 0 unspecified atom stereocenters. The van der Waals surface area contributed by atoms with Crippen LogP contribution in [0.5, 0.6) is 0 Å². The van der Waals surface area contributed by atoms with E-state index in [1.54, 1.807) is 0 Å². The number of hydrogen-bond donors (Lipinski definition) is 1. The van der Waals surface area contributed by atoms with Crippen molar-refractivity contribution in [2.24, 2.45) is 5.92 Å². The minimum atomic E-state index is -4.71. The molecule has 0 saturated carbocycles. The van der Waals surface area contributed by atoms with E-state index >= 15 is 0 Å². The SMILES string of the molecule is Cc1c(F)ccc([C@H]2CN(C)C(=O)[C@@H]2C(=O)Nc2ccccc2C(F)(F)F)c1F.